The number of hydrogen-bond donors (Lipinski definition) is 2. The Bertz CT molecular complexity index is 496. The van der Waals surface area contributed by atoms with Crippen molar-refractivity contribution >= 4 is 0 Å². The highest BCUT2D eigenvalue weighted by Crippen LogP contribution is 2.13. The van der Waals surface area contributed by atoms with Crippen LogP contribution in [0, 0.1) is 6.92 Å². The Morgan fingerprint density at radius 1 is 1.41 bits per heavy atom. The zero-order valence-corrected chi connectivity index (χ0v) is 9.63. The van der Waals surface area contributed by atoms with Crippen LogP contribution >= 0.6 is 0 Å². The van der Waals surface area contributed by atoms with E-state index in [0.717, 1.165) is 5.56 Å². The minimum absolute atomic E-state index is 0.0754. The Kier molecular flexibility index (Phi) is 3.51. The predicted molar refractivity (Wildman–Crippen MR) is 62.3 cm³/mol. The van der Waals surface area contributed by atoms with Crippen molar-refractivity contribution in [1.82, 2.24) is 10.1 Å². The molecular weight excluding hydrogens is 218 g/mol. The molecule has 1 atom stereocenters. The SMILES string of the molecule is Cc1ccccc1Cc1noc(C(O)CN)n1. The van der Waals surface area contributed by atoms with Gasteiger partial charge < -0.3 is 15.4 Å². The average molecular weight is 233 g/mol. The normalized spacial score (nSPS) is 12.6. The average Bonchev–Trinajstić information content (AvgIpc) is 2.80. The molecule has 0 bridgehead atoms. The van der Waals surface area contributed by atoms with Gasteiger partial charge in [0, 0.05) is 13.0 Å². The van der Waals surface area contributed by atoms with E-state index >= 15 is 0 Å². The Labute approximate surface area is 99.3 Å². The van der Waals surface area contributed by atoms with Gasteiger partial charge in [-0.25, -0.2) is 0 Å². The van der Waals surface area contributed by atoms with Gasteiger partial charge in [0.1, 0.15) is 6.10 Å². The third-order valence-corrected chi connectivity index (χ3v) is 2.60. The molecule has 2 aromatic rings. The number of aryl methyl sites for hydroxylation is 1. The van der Waals surface area contributed by atoms with Gasteiger partial charge in [0.2, 0.25) is 0 Å². The van der Waals surface area contributed by atoms with Gasteiger partial charge in [0.05, 0.1) is 0 Å². The fraction of sp³-hybridized carbons (Fsp3) is 0.333. The van der Waals surface area contributed by atoms with Crippen LogP contribution in [-0.4, -0.2) is 21.8 Å². The molecule has 5 heteroatoms. The third-order valence-electron chi connectivity index (χ3n) is 2.60. The summed E-state index contributed by atoms with van der Waals surface area (Å²) in [5.74, 6) is 0.734. The molecule has 1 aromatic heterocycles. The van der Waals surface area contributed by atoms with Crippen molar-refractivity contribution in [2.75, 3.05) is 6.54 Å². The minimum atomic E-state index is -0.881. The van der Waals surface area contributed by atoms with Gasteiger partial charge in [-0.1, -0.05) is 29.4 Å². The molecule has 0 fully saturated rings. The number of nitrogens with zero attached hydrogens (tertiary/aromatic N) is 2. The molecule has 0 spiro atoms. The van der Waals surface area contributed by atoms with E-state index in [2.05, 4.69) is 10.1 Å². The molecule has 0 aliphatic carbocycles. The van der Waals surface area contributed by atoms with Crippen LogP contribution in [-0.2, 0) is 6.42 Å². The van der Waals surface area contributed by atoms with Gasteiger partial charge in [0.15, 0.2) is 5.82 Å². The first-order valence-corrected chi connectivity index (χ1v) is 5.46. The molecule has 90 valence electrons. The monoisotopic (exact) mass is 233 g/mol. The number of aromatic nitrogens is 2. The first kappa shape index (κ1) is 11.8. The van der Waals surface area contributed by atoms with Crippen molar-refractivity contribution < 1.29 is 9.63 Å². The van der Waals surface area contributed by atoms with Crippen LogP contribution in [0.4, 0.5) is 0 Å². The van der Waals surface area contributed by atoms with Crippen LogP contribution < -0.4 is 5.73 Å². The molecule has 3 N–H and O–H groups in total. The lowest BCUT2D eigenvalue weighted by Gasteiger charge is -2.01. The summed E-state index contributed by atoms with van der Waals surface area (Å²) in [5, 5.41) is 13.3. The van der Waals surface area contributed by atoms with E-state index in [1.807, 2.05) is 31.2 Å². The van der Waals surface area contributed by atoms with E-state index in [0.29, 0.717) is 12.2 Å². The lowest BCUT2D eigenvalue weighted by Crippen LogP contribution is -2.11. The quantitative estimate of drug-likeness (QED) is 0.821. The van der Waals surface area contributed by atoms with E-state index < -0.39 is 6.10 Å². The molecule has 5 nitrogen and oxygen atoms in total. The molecule has 1 unspecified atom stereocenters. The number of aliphatic hydroxyl groups excluding tert-OH is 1. The fourth-order valence-electron chi connectivity index (χ4n) is 1.55. The Morgan fingerprint density at radius 2 is 2.18 bits per heavy atom. The highest BCUT2D eigenvalue weighted by atomic mass is 16.5. The standard InChI is InChI=1S/C12H15N3O2/c1-8-4-2-3-5-9(8)6-11-14-12(17-15-11)10(16)7-13/h2-5,10,16H,6-7,13H2,1H3. The number of aliphatic hydroxyl groups is 1. The molecular formula is C12H15N3O2. The molecule has 0 aliphatic heterocycles. The first-order valence-electron chi connectivity index (χ1n) is 5.46. The van der Waals surface area contributed by atoms with E-state index in [1.165, 1.54) is 5.56 Å². The van der Waals surface area contributed by atoms with E-state index in [-0.39, 0.29) is 12.4 Å². The van der Waals surface area contributed by atoms with Crippen molar-refractivity contribution in [3.63, 3.8) is 0 Å². The lowest BCUT2D eigenvalue weighted by atomic mass is 10.1. The topological polar surface area (TPSA) is 85.2 Å². The summed E-state index contributed by atoms with van der Waals surface area (Å²) in [6.45, 7) is 2.11. The second kappa shape index (κ2) is 5.07. The Hall–Kier alpha value is -1.72. The first-order chi connectivity index (χ1) is 8.20. The van der Waals surface area contributed by atoms with Gasteiger partial charge in [-0.15, -0.1) is 0 Å². The maximum atomic E-state index is 9.44. The second-order valence-corrected chi connectivity index (χ2v) is 3.90. The summed E-state index contributed by atoms with van der Waals surface area (Å²) in [5.41, 5.74) is 7.63. The summed E-state index contributed by atoms with van der Waals surface area (Å²) in [6, 6.07) is 8.01. The van der Waals surface area contributed by atoms with Gasteiger partial charge in [-0.05, 0) is 18.1 Å². The maximum absolute atomic E-state index is 9.44. The fourth-order valence-corrected chi connectivity index (χ4v) is 1.55. The largest absolute Gasteiger partial charge is 0.382 e. The van der Waals surface area contributed by atoms with Crippen LogP contribution in [0.1, 0.15) is 28.9 Å². The molecule has 0 aliphatic rings. The number of hydrogen-bond acceptors (Lipinski definition) is 5. The van der Waals surface area contributed by atoms with Gasteiger partial charge in [0.25, 0.3) is 5.89 Å². The Morgan fingerprint density at radius 3 is 2.88 bits per heavy atom. The highest BCUT2D eigenvalue weighted by molar-refractivity contribution is 5.27. The van der Waals surface area contributed by atoms with Crippen LogP contribution in [0.3, 0.4) is 0 Å². The highest BCUT2D eigenvalue weighted by Gasteiger charge is 2.14. The number of benzene rings is 1. The molecule has 0 amide bonds. The zero-order chi connectivity index (χ0) is 12.3. The molecule has 0 saturated carbocycles. The van der Waals surface area contributed by atoms with Crippen LogP contribution in [0.2, 0.25) is 0 Å². The summed E-state index contributed by atoms with van der Waals surface area (Å²) in [7, 11) is 0. The van der Waals surface area contributed by atoms with Crippen molar-refractivity contribution in [1.29, 1.82) is 0 Å². The van der Waals surface area contributed by atoms with Crippen molar-refractivity contribution in [3.05, 3.63) is 47.1 Å². The van der Waals surface area contributed by atoms with Crippen LogP contribution in [0.15, 0.2) is 28.8 Å². The smallest absolute Gasteiger partial charge is 0.256 e. The Balaban J connectivity index is 2.14. The molecule has 2 rings (SSSR count). The van der Waals surface area contributed by atoms with Crippen molar-refractivity contribution in [2.24, 2.45) is 5.73 Å². The van der Waals surface area contributed by atoms with E-state index in [4.69, 9.17) is 10.3 Å². The minimum Gasteiger partial charge on any atom is -0.382 e. The summed E-state index contributed by atoms with van der Waals surface area (Å²) < 4.78 is 4.94. The van der Waals surface area contributed by atoms with Crippen molar-refractivity contribution in [3.8, 4) is 0 Å². The summed E-state index contributed by atoms with van der Waals surface area (Å²) in [6.07, 6.45) is -0.291. The van der Waals surface area contributed by atoms with E-state index in [9.17, 15) is 5.11 Å². The molecule has 1 aromatic carbocycles. The second-order valence-electron chi connectivity index (χ2n) is 3.90. The predicted octanol–water partition coefficient (Wildman–Crippen LogP) is 0.961. The van der Waals surface area contributed by atoms with Crippen LogP contribution in [0.5, 0.6) is 0 Å². The third kappa shape index (κ3) is 2.69. The van der Waals surface area contributed by atoms with Gasteiger partial charge in [-0.2, -0.15) is 4.98 Å². The lowest BCUT2D eigenvalue weighted by molar-refractivity contribution is 0.141. The number of nitrogens with two attached hydrogens (primary N) is 1. The number of rotatable bonds is 4. The zero-order valence-electron chi connectivity index (χ0n) is 9.63. The van der Waals surface area contributed by atoms with Crippen molar-refractivity contribution in [2.45, 2.75) is 19.4 Å². The molecule has 1 heterocycles. The molecule has 0 saturated heterocycles. The summed E-state index contributed by atoms with van der Waals surface area (Å²) >= 11 is 0. The van der Waals surface area contributed by atoms with Gasteiger partial charge in [-0.3, -0.25) is 0 Å². The van der Waals surface area contributed by atoms with Crippen LogP contribution in [0.25, 0.3) is 0 Å². The van der Waals surface area contributed by atoms with E-state index in [1.54, 1.807) is 0 Å². The molecule has 0 radical (unpaired) electrons. The summed E-state index contributed by atoms with van der Waals surface area (Å²) in [4.78, 5) is 4.11. The van der Waals surface area contributed by atoms with Gasteiger partial charge >= 0.3 is 0 Å². The molecule has 17 heavy (non-hydrogen) atoms. The maximum Gasteiger partial charge on any atom is 0.256 e.